The molecule has 1 atom stereocenters. The van der Waals surface area contributed by atoms with Crippen molar-refractivity contribution >= 4 is 17.8 Å². The first kappa shape index (κ1) is 24.2. The number of benzene rings is 2. The minimum Gasteiger partial charge on any atom is -0.463 e. The molecule has 0 spiro atoms. The highest BCUT2D eigenvalue weighted by molar-refractivity contribution is 5.96. The van der Waals surface area contributed by atoms with E-state index in [9.17, 15) is 14.4 Å². The average molecular weight is 449 g/mol. The third-order valence-electron chi connectivity index (χ3n) is 5.75. The zero-order valence-corrected chi connectivity index (χ0v) is 19.8. The number of amides is 2. The van der Waals surface area contributed by atoms with Gasteiger partial charge in [-0.05, 0) is 43.0 Å². The van der Waals surface area contributed by atoms with Crippen LogP contribution in [0.5, 0.6) is 0 Å². The van der Waals surface area contributed by atoms with Crippen molar-refractivity contribution in [2.45, 2.75) is 46.6 Å². The van der Waals surface area contributed by atoms with Gasteiger partial charge >= 0.3 is 5.97 Å². The summed E-state index contributed by atoms with van der Waals surface area (Å²) in [4.78, 5) is 39.9. The summed E-state index contributed by atoms with van der Waals surface area (Å²) in [5, 5.41) is 2.90. The predicted octanol–water partition coefficient (Wildman–Crippen LogP) is 4.43. The minimum atomic E-state index is -0.390. The van der Waals surface area contributed by atoms with Gasteiger partial charge in [-0.25, -0.2) is 4.79 Å². The number of nitrogens with one attached hydrogen (secondary N) is 1. The lowest BCUT2D eigenvalue weighted by Crippen LogP contribution is -2.38. The zero-order chi connectivity index (χ0) is 24.0. The summed E-state index contributed by atoms with van der Waals surface area (Å²) < 4.78 is 5.34. The van der Waals surface area contributed by atoms with Gasteiger partial charge in [0.2, 0.25) is 5.91 Å². The van der Waals surface area contributed by atoms with Gasteiger partial charge in [0.25, 0.3) is 5.91 Å². The maximum absolute atomic E-state index is 13.1. The highest BCUT2D eigenvalue weighted by atomic mass is 16.5. The Balaban J connectivity index is 1.85. The molecule has 1 aliphatic rings. The molecular weight excluding hydrogens is 416 g/mol. The number of ether oxygens (including phenoxy) is 1. The van der Waals surface area contributed by atoms with Crippen molar-refractivity contribution in [3.63, 3.8) is 0 Å². The highest BCUT2D eigenvalue weighted by Gasteiger charge is 2.36. The Morgan fingerprint density at radius 3 is 2.36 bits per heavy atom. The molecule has 33 heavy (non-hydrogen) atoms. The molecule has 0 aliphatic carbocycles. The summed E-state index contributed by atoms with van der Waals surface area (Å²) in [5.74, 6) is -0.509. The van der Waals surface area contributed by atoms with Crippen LogP contribution in [0.2, 0.25) is 0 Å². The summed E-state index contributed by atoms with van der Waals surface area (Å²) in [5.41, 5.74) is 3.51. The van der Waals surface area contributed by atoms with Gasteiger partial charge in [0.05, 0.1) is 18.7 Å². The van der Waals surface area contributed by atoms with Crippen LogP contribution in [0.3, 0.4) is 0 Å². The fraction of sp³-hybridized carbons (Fsp3) is 0.370. The first-order chi connectivity index (χ1) is 15.8. The van der Waals surface area contributed by atoms with Gasteiger partial charge in [0, 0.05) is 30.1 Å². The molecule has 2 aromatic carbocycles. The number of rotatable bonds is 8. The van der Waals surface area contributed by atoms with E-state index in [2.05, 4.69) is 5.32 Å². The lowest BCUT2D eigenvalue weighted by Gasteiger charge is -2.34. The van der Waals surface area contributed by atoms with E-state index in [1.165, 1.54) is 0 Å². The van der Waals surface area contributed by atoms with Crippen LogP contribution in [0.15, 0.2) is 65.9 Å². The van der Waals surface area contributed by atoms with Crippen LogP contribution in [0.4, 0.5) is 0 Å². The molecule has 1 heterocycles. The second-order valence-electron chi connectivity index (χ2n) is 8.67. The van der Waals surface area contributed by atoms with Gasteiger partial charge in [0.1, 0.15) is 0 Å². The molecule has 1 unspecified atom stereocenters. The quantitative estimate of drug-likeness (QED) is 0.607. The Hall–Kier alpha value is -3.41. The third-order valence-corrected chi connectivity index (χ3v) is 5.75. The number of nitrogens with zero attached hydrogens (tertiary/aromatic N) is 1. The van der Waals surface area contributed by atoms with E-state index >= 15 is 0 Å². The summed E-state index contributed by atoms with van der Waals surface area (Å²) in [7, 11) is 0. The average Bonchev–Trinajstić information content (AvgIpc) is 2.80. The van der Waals surface area contributed by atoms with E-state index in [1.807, 2.05) is 56.3 Å². The van der Waals surface area contributed by atoms with Crippen molar-refractivity contribution in [3.05, 3.63) is 82.6 Å². The fourth-order valence-corrected chi connectivity index (χ4v) is 3.99. The van der Waals surface area contributed by atoms with Crippen molar-refractivity contribution < 1.29 is 19.1 Å². The van der Waals surface area contributed by atoms with Crippen LogP contribution in [0.25, 0.3) is 0 Å². The first-order valence-electron chi connectivity index (χ1n) is 11.4. The summed E-state index contributed by atoms with van der Waals surface area (Å²) >= 11 is 0. The van der Waals surface area contributed by atoms with Crippen molar-refractivity contribution in [1.29, 1.82) is 0 Å². The molecule has 0 saturated heterocycles. The summed E-state index contributed by atoms with van der Waals surface area (Å²) in [6, 6.07) is 16.8. The Morgan fingerprint density at radius 1 is 1.09 bits per heavy atom. The molecule has 0 bridgehead atoms. The van der Waals surface area contributed by atoms with Gasteiger partial charge in [-0.1, -0.05) is 56.3 Å². The molecule has 0 fully saturated rings. The minimum absolute atomic E-state index is 0.0480. The van der Waals surface area contributed by atoms with E-state index in [0.717, 1.165) is 11.1 Å². The monoisotopic (exact) mass is 448 g/mol. The molecule has 1 N–H and O–H groups in total. The predicted molar refractivity (Wildman–Crippen MR) is 127 cm³/mol. The van der Waals surface area contributed by atoms with Gasteiger partial charge in [0.15, 0.2) is 0 Å². The van der Waals surface area contributed by atoms with Gasteiger partial charge < -0.3 is 15.0 Å². The first-order valence-corrected chi connectivity index (χ1v) is 11.4. The van der Waals surface area contributed by atoms with Crippen LogP contribution >= 0.6 is 0 Å². The van der Waals surface area contributed by atoms with E-state index in [-0.39, 0.29) is 30.8 Å². The second kappa shape index (κ2) is 10.9. The van der Waals surface area contributed by atoms with E-state index in [0.29, 0.717) is 35.8 Å². The van der Waals surface area contributed by atoms with Crippen molar-refractivity contribution in [2.24, 2.45) is 5.92 Å². The molecule has 0 radical (unpaired) electrons. The number of esters is 1. The van der Waals surface area contributed by atoms with Crippen LogP contribution in [0, 0.1) is 5.92 Å². The van der Waals surface area contributed by atoms with E-state index < -0.39 is 5.97 Å². The van der Waals surface area contributed by atoms with Crippen LogP contribution in [-0.2, 0) is 20.9 Å². The number of hydrogen-bond donors (Lipinski definition) is 1. The lowest BCUT2D eigenvalue weighted by atomic mass is 9.83. The Bertz CT molecular complexity index is 1030. The molecule has 2 amide bonds. The Kier molecular flexibility index (Phi) is 8.04. The molecule has 6 heteroatoms. The van der Waals surface area contributed by atoms with Crippen molar-refractivity contribution in [3.8, 4) is 0 Å². The maximum Gasteiger partial charge on any atom is 0.336 e. The SMILES string of the molecule is CCOC(=O)C1=C(C)N(Cc2ccc(C(=O)NCC(C)C)cc2)C(=O)CC1c1ccccc1. The number of carbonyl (C=O) groups is 3. The zero-order valence-electron chi connectivity index (χ0n) is 19.8. The smallest absolute Gasteiger partial charge is 0.336 e. The lowest BCUT2D eigenvalue weighted by molar-refractivity contribution is -0.140. The molecule has 3 rings (SSSR count). The normalized spacial score (nSPS) is 16.2. The molecular formula is C27H32N2O4. The van der Waals surface area contributed by atoms with Crippen LogP contribution in [-0.4, -0.2) is 35.8 Å². The number of hydrogen-bond acceptors (Lipinski definition) is 4. The van der Waals surface area contributed by atoms with E-state index in [4.69, 9.17) is 4.74 Å². The Labute approximate surface area is 195 Å². The molecule has 2 aromatic rings. The molecule has 0 aromatic heterocycles. The second-order valence-corrected chi connectivity index (χ2v) is 8.67. The third kappa shape index (κ3) is 5.89. The highest BCUT2D eigenvalue weighted by Crippen LogP contribution is 2.37. The topological polar surface area (TPSA) is 75.7 Å². The number of allylic oxidation sites excluding steroid dienone is 1. The van der Waals surface area contributed by atoms with Crippen molar-refractivity contribution in [2.75, 3.05) is 13.2 Å². The molecule has 0 saturated carbocycles. The molecule has 6 nitrogen and oxygen atoms in total. The van der Waals surface area contributed by atoms with Gasteiger partial charge in [-0.3, -0.25) is 9.59 Å². The van der Waals surface area contributed by atoms with Gasteiger partial charge in [-0.2, -0.15) is 0 Å². The molecule has 1 aliphatic heterocycles. The summed E-state index contributed by atoms with van der Waals surface area (Å²) in [6.07, 6.45) is 0.200. The molecule has 174 valence electrons. The fourth-order valence-electron chi connectivity index (χ4n) is 3.99. The summed E-state index contributed by atoms with van der Waals surface area (Å²) in [6.45, 7) is 8.87. The largest absolute Gasteiger partial charge is 0.463 e. The van der Waals surface area contributed by atoms with Crippen LogP contribution in [0.1, 0.15) is 61.5 Å². The van der Waals surface area contributed by atoms with E-state index in [1.54, 1.807) is 30.9 Å². The Morgan fingerprint density at radius 2 is 1.76 bits per heavy atom. The van der Waals surface area contributed by atoms with Gasteiger partial charge in [-0.15, -0.1) is 0 Å². The number of carbonyl (C=O) groups excluding carboxylic acids is 3. The van der Waals surface area contributed by atoms with Crippen LogP contribution < -0.4 is 5.32 Å². The van der Waals surface area contributed by atoms with Crippen molar-refractivity contribution in [1.82, 2.24) is 10.2 Å². The maximum atomic E-state index is 13.1. The standard InChI is InChI=1S/C27H32N2O4/c1-5-33-27(32)25-19(4)29(24(30)15-23(25)21-9-7-6-8-10-21)17-20-11-13-22(14-12-20)26(31)28-16-18(2)3/h6-14,18,23H,5,15-17H2,1-4H3,(H,28,31).